The number of nitro benzene ring substituents is 1. The molecule has 26 heavy (non-hydrogen) atoms. The summed E-state index contributed by atoms with van der Waals surface area (Å²) < 4.78 is 13.2. The number of nitriles is 1. The molecular formula is C18H11FN4O2S. The van der Waals surface area contributed by atoms with E-state index in [1.54, 1.807) is 29.6 Å². The summed E-state index contributed by atoms with van der Waals surface area (Å²) in [7, 11) is 0. The molecule has 128 valence electrons. The maximum Gasteiger partial charge on any atom is 0.269 e. The number of anilines is 1. The Balaban J connectivity index is 1.81. The van der Waals surface area contributed by atoms with E-state index in [-0.39, 0.29) is 11.5 Å². The van der Waals surface area contributed by atoms with Crippen LogP contribution in [-0.4, -0.2) is 9.91 Å². The van der Waals surface area contributed by atoms with Crippen molar-refractivity contribution in [3.8, 4) is 17.3 Å². The molecule has 3 rings (SSSR count). The Morgan fingerprint density at radius 1 is 1.31 bits per heavy atom. The van der Waals surface area contributed by atoms with Crippen LogP contribution in [0.4, 0.5) is 15.8 Å². The summed E-state index contributed by atoms with van der Waals surface area (Å²) in [6, 6.07) is 14.0. The van der Waals surface area contributed by atoms with Gasteiger partial charge in [-0.3, -0.25) is 10.1 Å². The van der Waals surface area contributed by atoms with Crippen LogP contribution in [0.25, 0.3) is 16.8 Å². The van der Waals surface area contributed by atoms with E-state index < -0.39 is 4.92 Å². The van der Waals surface area contributed by atoms with Crippen molar-refractivity contribution in [1.82, 2.24) is 4.98 Å². The average molecular weight is 366 g/mol. The van der Waals surface area contributed by atoms with Crippen molar-refractivity contribution in [3.05, 3.63) is 81.1 Å². The van der Waals surface area contributed by atoms with Gasteiger partial charge in [0.25, 0.3) is 5.69 Å². The van der Waals surface area contributed by atoms with Gasteiger partial charge in [-0.1, -0.05) is 6.07 Å². The summed E-state index contributed by atoms with van der Waals surface area (Å²) in [6.07, 6.45) is 1.47. The van der Waals surface area contributed by atoms with E-state index in [4.69, 9.17) is 0 Å². The van der Waals surface area contributed by atoms with E-state index >= 15 is 0 Å². The second-order valence-electron chi connectivity index (χ2n) is 5.17. The van der Waals surface area contributed by atoms with E-state index in [1.165, 1.54) is 41.8 Å². The van der Waals surface area contributed by atoms with Gasteiger partial charge >= 0.3 is 0 Å². The molecule has 0 aliphatic heterocycles. The van der Waals surface area contributed by atoms with Gasteiger partial charge in [-0.25, -0.2) is 9.37 Å². The Labute approximate surface area is 152 Å². The van der Waals surface area contributed by atoms with Crippen LogP contribution in [0.3, 0.4) is 0 Å². The molecule has 0 radical (unpaired) electrons. The summed E-state index contributed by atoms with van der Waals surface area (Å²) >= 11 is 1.28. The van der Waals surface area contributed by atoms with Crippen LogP contribution in [0.15, 0.2) is 60.1 Å². The second-order valence-corrected chi connectivity index (χ2v) is 6.02. The molecule has 1 aromatic heterocycles. The summed E-state index contributed by atoms with van der Waals surface area (Å²) in [6.45, 7) is 0. The highest BCUT2D eigenvalue weighted by atomic mass is 32.1. The number of hydrogen-bond donors (Lipinski definition) is 1. The van der Waals surface area contributed by atoms with Crippen molar-refractivity contribution in [1.29, 1.82) is 5.26 Å². The first-order valence-electron chi connectivity index (χ1n) is 7.40. The molecule has 0 unspecified atom stereocenters. The first-order valence-corrected chi connectivity index (χ1v) is 8.28. The normalized spacial score (nSPS) is 11.0. The highest BCUT2D eigenvalue weighted by Gasteiger charge is 2.11. The minimum absolute atomic E-state index is 0.00102. The molecule has 1 N–H and O–H groups in total. The number of nitro groups is 1. The molecule has 0 amide bonds. The molecular weight excluding hydrogens is 355 g/mol. The van der Waals surface area contributed by atoms with Gasteiger partial charge in [0.1, 0.15) is 22.5 Å². The lowest BCUT2D eigenvalue weighted by Crippen LogP contribution is -1.91. The van der Waals surface area contributed by atoms with Crippen molar-refractivity contribution >= 4 is 28.3 Å². The standard InChI is InChI=1S/C18H11FN4O2S/c19-14-2-1-3-15(8-14)21-10-13(9-20)18-22-17(11-26-18)12-4-6-16(7-5-12)23(24)25/h1-8,10-11,21H/b13-10-. The summed E-state index contributed by atoms with van der Waals surface area (Å²) in [5.74, 6) is -0.378. The van der Waals surface area contributed by atoms with Gasteiger partial charge in [-0.15, -0.1) is 11.3 Å². The monoisotopic (exact) mass is 366 g/mol. The molecule has 2 aromatic carbocycles. The first kappa shape index (κ1) is 17.3. The Morgan fingerprint density at radius 3 is 2.73 bits per heavy atom. The number of benzene rings is 2. The van der Waals surface area contributed by atoms with Gasteiger partial charge in [0.15, 0.2) is 0 Å². The van der Waals surface area contributed by atoms with Gasteiger partial charge in [-0.2, -0.15) is 5.26 Å². The zero-order valence-corrected chi connectivity index (χ0v) is 14.0. The zero-order valence-electron chi connectivity index (χ0n) is 13.2. The second kappa shape index (κ2) is 7.55. The van der Waals surface area contributed by atoms with Crippen LogP contribution in [0.1, 0.15) is 5.01 Å². The molecule has 0 bridgehead atoms. The molecule has 0 atom stereocenters. The predicted molar refractivity (Wildman–Crippen MR) is 97.8 cm³/mol. The topological polar surface area (TPSA) is 91.8 Å². The number of nitrogens with zero attached hydrogens (tertiary/aromatic N) is 3. The van der Waals surface area contributed by atoms with Crippen LogP contribution in [0.5, 0.6) is 0 Å². The quantitative estimate of drug-likeness (QED) is 0.396. The average Bonchev–Trinajstić information content (AvgIpc) is 3.12. The van der Waals surface area contributed by atoms with Crippen LogP contribution >= 0.6 is 11.3 Å². The maximum atomic E-state index is 13.2. The summed E-state index contributed by atoms with van der Waals surface area (Å²) in [5.41, 5.74) is 2.15. The third-order valence-corrected chi connectivity index (χ3v) is 4.31. The molecule has 0 spiro atoms. The maximum absolute atomic E-state index is 13.2. The molecule has 1 heterocycles. The fraction of sp³-hybridized carbons (Fsp3) is 0. The fourth-order valence-corrected chi connectivity index (χ4v) is 2.95. The molecule has 0 saturated heterocycles. The Morgan fingerprint density at radius 2 is 2.08 bits per heavy atom. The predicted octanol–water partition coefficient (Wildman–Crippen LogP) is 4.83. The number of rotatable bonds is 5. The van der Waals surface area contributed by atoms with Gasteiger partial charge in [0.05, 0.1) is 10.6 Å². The number of nitrogens with one attached hydrogen (secondary N) is 1. The van der Waals surface area contributed by atoms with Gasteiger partial charge in [-0.05, 0) is 30.3 Å². The minimum Gasteiger partial charge on any atom is -0.360 e. The number of non-ortho nitro benzene ring substituents is 1. The molecule has 0 fully saturated rings. The minimum atomic E-state index is -0.467. The number of halogens is 1. The van der Waals surface area contributed by atoms with Crippen molar-refractivity contribution < 1.29 is 9.31 Å². The fourth-order valence-electron chi connectivity index (χ4n) is 2.16. The Bertz CT molecular complexity index is 1020. The van der Waals surface area contributed by atoms with Gasteiger partial charge in [0, 0.05) is 35.0 Å². The Kier molecular flexibility index (Phi) is 5.01. The van der Waals surface area contributed by atoms with Crippen LogP contribution in [0.2, 0.25) is 0 Å². The number of hydrogen-bond acceptors (Lipinski definition) is 6. The third-order valence-electron chi connectivity index (χ3n) is 3.44. The van der Waals surface area contributed by atoms with Crippen molar-refractivity contribution in [2.24, 2.45) is 0 Å². The Hall–Kier alpha value is -3.57. The van der Waals surface area contributed by atoms with Crippen LogP contribution in [-0.2, 0) is 0 Å². The molecule has 8 heteroatoms. The molecule has 0 aliphatic carbocycles. The molecule has 0 saturated carbocycles. The lowest BCUT2D eigenvalue weighted by Gasteiger charge is -2.01. The smallest absolute Gasteiger partial charge is 0.269 e. The first-order chi connectivity index (χ1) is 12.6. The van der Waals surface area contributed by atoms with E-state index in [9.17, 15) is 19.8 Å². The van der Waals surface area contributed by atoms with E-state index in [1.807, 2.05) is 0 Å². The lowest BCUT2D eigenvalue weighted by atomic mass is 10.1. The van der Waals surface area contributed by atoms with Crippen molar-refractivity contribution in [2.45, 2.75) is 0 Å². The summed E-state index contributed by atoms with van der Waals surface area (Å²) in [5, 5.41) is 25.2. The molecule has 3 aromatic rings. The highest BCUT2D eigenvalue weighted by molar-refractivity contribution is 7.11. The largest absolute Gasteiger partial charge is 0.360 e. The summed E-state index contributed by atoms with van der Waals surface area (Å²) in [4.78, 5) is 14.6. The van der Waals surface area contributed by atoms with Crippen molar-refractivity contribution in [3.63, 3.8) is 0 Å². The highest BCUT2D eigenvalue weighted by Crippen LogP contribution is 2.27. The van der Waals surface area contributed by atoms with E-state index in [2.05, 4.69) is 16.4 Å². The number of aromatic nitrogens is 1. The van der Waals surface area contributed by atoms with Crippen LogP contribution < -0.4 is 5.32 Å². The zero-order chi connectivity index (χ0) is 18.5. The van der Waals surface area contributed by atoms with E-state index in [0.717, 1.165) is 0 Å². The van der Waals surface area contributed by atoms with Crippen molar-refractivity contribution in [2.75, 3.05) is 5.32 Å². The van der Waals surface area contributed by atoms with Gasteiger partial charge in [0.2, 0.25) is 0 Å². The van der Waals surface area contributed by atoms with Gasteiger partial charge < -0.3 is 5.32 Å². The van der Waals surface area contributed by atoms with E-state index in [0.29, 0.717) is 27.5 Å². The molecule has 6 nitrogen and oxygen atoms in total. The number of thiazole rings is 1. The van der Waals surface area contributed by atoms with Crippen LogP contribution in [0, 0.1) is 27.3 Å². The molecule has 0 aliphatic rings. The SMILES string of the molecule is N#C/C(=C/Nc1cccc(F)c1)c1nc(-c2ccc([N+](=O)[O-])cc2)cs1. The number of allylic oxidation sites excluding steroid dienone is 1. The lowest BCUT2D eigenvalue weighted by molar-refractivity contribution is -0.384. The third kappa shape index (κ3) is 3.91.